The molecule has 1 heterocycles. The smallest absolute Gasteiger partial charge is 0.346 e. The van der Waals surface area contributed by atoms with E-state index in [9.17, 15) is 9.59 Å². The Hall–Kier alpha value is -2.47. The van der Waals surface area contributed by atoms with Crippen LogP contribution >= 0.6 is 0 Å². The fourth-order valence-corrected chi connectivity index (χ4v) is 2.24. The van der Waals surface area contributed by atoms with Crippen molar-refractivity contribution in [1.82, 2.24) is 15.3 Å². The van der Waals surface area contributed by atoms with Gasteiger partial charge < -0.3 is 15.0 Å². The number of hydrogen-bond donors (Lipinski definition) is 2. The summed E-state index contributed by atoms with van der Waals surface area (Å²) in [5, 5.41) is 2.75. The van der Waals surface area contributed by atoms with Crippen molar-refractivity contribution in [3.8, 4) is 11.3 Å². The number of hydrogen-bond acceptors (Lipinski definition) is 4. The number of aryl methyl sites for hydroxylation is 2. The highest BCUT2D eigenvalue weighted by Crippen LogP contribution is 2.22. The lowest BCUT2D eigenvalue weighted by atomic mass is 10.0. The van der Waals surface area contributed by atoms with Crippen LogP contribution in [0.15, 0.2) is 29.1 Å². The summed E-state index contributed by atoms with van der Waals surface area (Å²) in [6, 6.07) is 7.53. The topological polar surface area (TPSA) is 84.1 Å². The number of nitrogens with zero attached hydrogens (tertiary/aromatic N) is 1. The number of carbonyl (C=O) groups excluding carboxylic acids is 1. The van der Waals surface area contributed by atoms with Crippen molar-refractivity contribution in [3.63, 3.8) is 0 Å². The van der Waals surface area contributed by atoms with Crippen LogP contribution in [-0.2, 0) is 4.74 Å². The van der Waals surface area contributed by atoms with Crippen LogP contribution in [-0.4, -0.2) is 36.1 Å². The third-order valence-electron chi connectivity index (χ3n) is 3.47. The number of aromatic amines is 1. The molecule has 0 atom stereocenters. The zero-order valence-corrected chi connectivity index (χ0v) is 13.6. The van der Waals surface area contributed by atoms with Crippen LogP contribution in [0.1, 0.15) is 28.0 Å². The monoisotopic (exact) mass is 315 g/mol. The highest BCUT2D eigenvalue weighted by molar-refractivity contribution is 5.93. The van der Waals surface area contributed by atoms with Gasteiger partial charge in [0.25, 0.3) is 5.91 Å². The summed E-state index contributed by atoms with van der Waals surface area (Å²) >= 11 is 0. The average Bonchev–Trinajstić information content (AvgIpc) is 2.53. The van der Waals surface area contributed by atoms with E-state index in [1.807, 2.05) is 32.0 Å². The summed E-state index contributed by atoms with van der Waals surface area (Å²) in [5.41, 5.74) is 3.09. The Morgan fingerprint density at radius 2 is 2.09 bits per heavy atom. The predicted octanol–water partition coefficient (Wildman–Crippen LogP) is 1.82. The number of benzene rings is 1. The fourth-order valence-electron chi connectivity index (χ4n) is 2.24. The number of rotatable bonds is 6. The number of amides is 1. The molecule has 2 rings (SSSR count). The molecule has 6 nitrogen and oxygen atoms in total. The van der Waals surface area contributed by atoms with Crippen LogP contribution in [0.25, 0.3) is 11.3 Å². The van der Waals surface area contributed by atoms with E-state index in [0.717, 1.165) is 16.7 Å². The van der Waals surface area contributed by atoms with Gasteiger partial charge in [0.05, 0.1) is 5.69 Å². The molecule has 1 amide bonds. The minimum absolute atomic E-state index is 0.207. The molecule has 0 fully saturated rings. The summed E-state index contributed by atoms with van der Waals surface area (Å²) in [6.07, 6.45) is 0.710. The lowest BCUT2D eigenvalue weighted by Gasteiger charge is -2.09. The molecule has 0 aliphatic rings. The Balaban J connectivity index is 2.27. The molecule has 0 spiro atoms. The van der Waals surface area contributed by atoms with Gasteiger partial charge in [-0.15, -0.1) is 0 Å². The molecule has 2 N–H and O–H groups in total. The lowest BCUT2D eigenvalue weighted by molar-refractivity contribution is 0.0943. The van der Waals surface area contributed by atoms with Gasteiger partial charge in [0.2, 0.25) is 0 Å². The molecule has 0 aliphatic heterocycles. The Labute approximate surface area is 134 Å². The summed E-state index contributed by atoms with van der Waals surface area (Å²) in [7, 11) is 1.61. The highest BCUT2D eigenvalue weighted by atomic mass is 16.5. The van der Waals surface area contributed by atoms with Crippen LogP contribution < -0.4 is 11.0 Å². The van der Waals surface area contributed by atoms with Crippen molar-refractivity contribution in [2.24, 2.45) is 0 Å². The average molecular weight is 315 g/mol. The molecule has 0 saturated heterocycles. The molecule has 1 aromatic carbocycles. The Bertz CT molecular complexity index is 753. The Morgan fingerprint density at radius 1 is 1.30 bits per heavy atom. The summed E-state index contributed by atoms with van der Waals surface area (Å²) in [5.74, 6) is -0.327. The molecule has 6 heteroatoms. The van der Waals surface area contributed by atoms with Crippen LogP contribution in [0, 0.1) is 13.8 Å². The van der Waals surface area contributed by atoms with Crippen molar-refractivity contribution < 1.29 is 9.53 Å². The fraction of sp³-hybridized carbons (Fsp3) is 0.353. The molecule has 1 aromatic heterocycles. The van der Waals surface area contributed by atoms with E-state index < -0.39 is 5.69 Å². The lowest BCUT2D eigenvalue weighted by Crippen LogP contribution is -2.28. The van der Waals surface area contributed by atoms with Crippen molar-refractivity contribution >= 4 is 5.91 Å². The van der Waals surface area contributed by atoms with Crippen LogP contribution in [0.2, 0.25) is 0 Å². The Morgan fingerprint density at radius 3 is 2.83 bits per heavy atom. The van der Waals surface area contributed by atoms with E-state index >= 15 is 0 Å². The number of nitrogens with one attached hydrogen (secondary N) is 2. The molecule has 2 aromatic rings. The first-order valence-corrected chi connectivity index (χ1v) is 7.47. The Kier molecular flexibility index (Phi) is 5.65. The highest BCUT2D eigenvalue weighted by Gasteiger charge is 2.11. The van der Waals surface area contributed by atoms with Gasteiger partial charge in [-0.25, -0.2) is 4.79 Å². The van der Waals surface area contributed by atoms with E-state index in [1.165, 1.54) is 0 Å². The molecular formula is C17H21N3O3. The van der Waals surface area contributed by atoms with Crippen molar-refractivity contribution in [1.29, 1.82) is 0 Å². The predicted molar refractivity (Wildman–Crippen MR) is 88.6 cm³/mol. The van der Waals surface area contributed by atoms with Gasteiger partial charge in [-0.2, -0.15) is 4.98 Å². The van der Waals surface area contributed by atoms with Crippen LogP contribution in [0.4, 0.5) is 0 Å². The largest absolute Gasteiger partial charge is 0.385 e. The minimum atomic E-state index is -0.537. The number of ether oxygens (including phenoxy) is 1. The maximum Gasteiger partial charge on any atom is 0.346 e. The normalized spacial score (nSPS) is 10.6. The second-order valence-electron chi connectivity index (χ2n) is 5.41. The first-order chi connectivity index (χ1) is 11.0. The van der Waals surface area contributed by atoms with Crippen molar-refractivity contribution in [2.45, 2.75) is 20.3 Å². The van der Waals surface area contributed by atoms with Crippen LogP contribution in [0.5, 0.6) is 0 Å². The number of methoxy groups -OCH3 is 1. The molecule has 0 bridgehead atoms. The molecule has 0 radical (unpaired) electrons. The van der Waals surface area contributed by atoms with Crippen molar-refractivity contribution in [2.75, 3.05) is 20.3 Å². The van der Waals surface area contributed by atoms with E-state index in [-0.39, 0.29) is 11.6 Å². The second kappa shape index (κ2) is 7.69. The summed E-state index contributed by atoms with van der Waals surface area (Å²) in [4.78, 5) is 30.4. The minimum Gasteiger partial charge on any atom is -0.385 e. The maximum absolute atomic E-state index is 12.1. The second-order valence-corrected chi connectivity index (χ2v) is 5.41. The van der Waals surface area contributed by atoms with Gasteiger partial charge in [0.1, 0.15) is 5.69 Å². The maximum atomic E-state index is 12.1. The van der Waals surface area contributed by atoms with Crippen LogP contribution in [0.3, 0.4) is 0 Å². The van der Waals surface area contributed by atoms with Crippen molar-refractivity contribution in [3.05, 3.63) is 51.6 Å². The van der Waals surface area contributed by atoms with E-state index in [0.29, 0.717) is 25.3 Å². The first-order valence-electron chi connectivity index (χ1n) is 7.47. The third kappa shape index (κ3) is 4.50. The number of aromatic nitrogens is 2. The number of H-pyrrole nitrogens is 1. The zero-order valence-electron chi connectivity index (χ0n) is 13.6. The standard InChI is InChI=1S/C17H21N3O3/c1-11-5-6-12(2)13(9-11)14-10-15(20-17(22)19-14)16(21)18-7-4-8-23-3/h5-6,9-10H,4,7-8H2,1-3H3,(H,18,21)(H,19,20,22). The van der Waals surface area contributed by atoms with Gasteiger partial charge in [0.15, 0.2) is 0 Å². The first kappa shape index (κ1) is 16.9. The molecule has 23 heavy (non-hydrogen) atoms. The summed E-state index contributed by atoms with van der Waals surface area (Å²) in [6.45, 7) is 4.97. The number of carbonyl (C=O) groups is 1. The molecule has 122 valence electrons. The SMILES string of the molecule is COCCCNC(=O)c1cc(-c2cc(C)ccc2C)nc(=O)[nH]1. The van der Waals surface area contributed by atoms with Gasteiger partial charge >= 0.3 is 5.69 Å². The van der Waals surface area contributed by atoms with E-state index in [2.05, 4.69) is 15.3 Å². The molecule has 0 saturated carbocycles. The molecular weight excluding hydrogens is 294 g/mol. The molecule has 0 unspecified atom stereocenters. The zero-order chi connectivity index (χ0) is 16.8. The van der Waals surface area contributed by atoms with Gasteiger partial charge in [-0.3, -0.25) is 4.79 Å². The third-order valence-corrected chi connectivity index (χ3v) is 3.47. The van der Waals surface area contributed by atoms with E-state index in [4.69, 9.17) is 4.74 Å². The van der Waals surface area contributed by atoms with Gasteiger partial charge in [-0.05, 0) is 38.0 Å². The quantitative estimate of drug-likeness (QED) is 0.796. The summed E-state index contributed by atoms with van der Waals surface area (Å²) < 4.78 is 4.93. The van der Waals surface area contributed by atoms with Gasteiger partial charge in [0, 0.05) is 25.8 Å². The van der Waals surface area contributed by atoms with Gasteiger partial charge in [-0.1, -0.05) is 17.7 Å². The van der Waals surface area contributed by atoms with E-state index in [1.54, 1.807) is 13.2 Å². The molecule has 0 aliphatic carbocycles.